The van der Waals surface area contributed by atoms with Crippen molar-refractivity contribution in [2.75, 3.05) is 25.1 Å². The van der Waals surface area contributed by atoms with Gasteiger partial charge in [0.2, 0.25) is 0 Å². The molecule has 0 aliphatic rings. The van der Waals surface area contributed by atoms with Crippen molar-refractivity contribution in [2.24, 2.45) is 17.3 Å². The van der Waals surface area contributed by atoms with Gasteiger partial charge in [0, 0.05) is 6.16 Å². The SMILES string of the molecule is CCOP(O)CC(C)(C)C(C)P(CC(C)C)CC(C)C. The zero-order valence-corrected chi connectivity index (χ0v) is 16.6. The van der Waals surface area contributed by atoms with Crippen molar-refractivity contribution in [1.82, 2.24) is 0 Å². The van der Waals surface area contributed by atoms with Crippen LogP contribution in [0.4, 0.5) is 0 Å². The minimum atomic E-state index is -1.26. The first kappa shape index (κ1) is 20.8. The van der Waals surface area contributed by atoms with Crippen LogP contribution < -0.4 is 0 Å². The molecule has 0 spiro atoms. The Morgan fingerprint density at radius 3 is 1.80 bits per heavy atom. The first-order chi connectivity index (χ1) is 9.10. The first-order valence-electron chi connectivity index (χ1n) is 7.93. The largest absolute Gasteiger partial charge is 0.350 e. The molecule has 0 bridgehead atoms. The monoisotopic (exact) mass is 322 g/mol. The summed E-state index contributed by atoms with van der Waals surface area (Å²) in [7, 11) is -1.24. The summed E-state index contributed by atoms with van der Waals surface area (Å²) in [6, 6.07) is 0. The van der Waals surface area contributed by atoms with Crippen molar-refractivity contribution in [3.05, 3.63) is 0 Å². The summed E-state index contributed by atoms with van der Waals surface area (Å²) >= 11 is 0. The lowest BCUT2D eigenvalue weighted by Crippen LogP contribution is -2.31. The van der Waals surface area contributed by atoms with Gasteiger partial charge in [0.05, 0.1) is 6.61 Å². The maximum absolute atomic E-state index is 10.0. The first-order valence-corrected chi connectivity index (χ1v) is 11.1. The van der Waals surface area contributed by atoms with Crippen LogP contribution in [-0.2, 0) is 4.52 Å². The highest BCUT2D eigenvalue weighted by atomic mass is 31.2. The van der Waals surface area contributed by atoms with Gasteiger partial charge in [-0.2, -0.15) is 0 Å². The molecule has 0 fully saturated rings. The Hall–Kier alpha value is 0.780. The lowest BCUT2D eigenvalue weighted by molar-refractivity contribution is 0.307. The van der Waals surface area contributed by atoms with Crippen molar-refractivity contribution in [3.8, 4) is 0 Å². The molecule has 0 saturated heterocycles. The van der Waals surface area contributed by atoms with Crippen molar-refractivity contribution < 1.29 is 9.42 Å². The lowest BCUT2D eigenvalue weighted by Gasteiger charge is -2.40. The predicted octanol–water partition coefficient (Wildman–Crippen LogP) is 5.54. The minimum Gasteiger partial charge on any atom is -0.350 e. The highest BCUT2D eigenvalue weighted by Crippen LogP contribution is 2.54. The van der Waals surface area contributed by atoms with E-state index in [0.717, 1.165) is 18.0 Å². The molecular weight excluding hydrogens is 286 g/mol. The Bertz CT molecular complexity index is 245. The summed E-state index contributed by atoms with van der Waals surface area (Å²) in [5.41, 5.74) is 0.824. The second-order valence-corrected chi connectivity index (χ2v) is 11.3. The third-order valence-electron chi connectivity index (χ3n) is 3.70. The van der Waals surface area contributed by atoms with Gasteiger partial charge in [0.15, 0.2) is 8.38 Å². The molecule has 0 aliphatic heterocycles. The normalized spacial score (nSPS) is 16.2. The Labute approximate surface area is 129 Å². The molecule has 1 N–H and O–H groups in total. The van der Waals surface area contributed by atoms with Crippen LogP contribution in [0.15, 0.2) is 0 Å². The summed E-state index contributed by atoms with van der Waals surface area (Å²) in [6.45, 7) is 18.9. The van der Waals surface area contributed by atoms with Crippen LogP contribution in [0.5, 0.6) is 0 Å². The summed E-state index contributed by atoms with van der Waals surface area (Å²) in [4.78, 5) is 10.0. The van der Waals surface area contributed by atoms with E-state index >= 15 is 0 Å². The molecule has 20 heavy (non-hydrogen) atoms. The van der Waals surface area contributed by atoms with Crippen LogP contribution in [0.25, 0.3) is 0 Å². The van der Waals surface area contributed by atoms with E-state index in [1.165, 1.54) is 12.3 Å². The highest BCUT2D eigenvalue weighted by Gasteiger charge is 2.34. The van der Waals surface area contributed by atoms with Gasteiger partial charge in [-0.25, -0.2) is 0 Å². The van der Waals surface area contributed by atoms with Crippen molar-refractivity contribution in [2.45, 2.75) is 61.0 Å². The van der Waals surface area contributed by atoms with Crippen LogP contribution in [0, 0.1) is 17.3 Å². The molecule has 122 valence electrons. The van der Waals surface area contributed by atoms with Crippen molar-refractivity contribution >= 4 is 16.3 Å². The van der Waals surface area contributed by atoms with Gasteiger partial charge in [-0.3, -0.25) is 0 Å². The van der Waals surface area contributed by atoms with E-state index in [1.54, 1.807) is 0 Å². The average molecular weight is 322 g/mol. The van der Waals surface area contributed by atoms with E-state index in [4.69, 9.17) is 4.52 Å². The average Bonchev–Trinajstić information content (AvgIpc) is 2.25. The fourth-order valence-electron chi connectivity index (χ4n) is 2.50. The molecule has 0 aromatic carbocycles. The molecule has 0 amide bonds. The summed E-state index contributed by atoms with van der Waals surface area (Å²) in [6.07, 6.45) is 3.48. The second-order valence-electron chi connectivity index (χ2n) is 7.33. The Balaban J connectivity index is 4.77. The predicted molar refractivity (Wildman–Crippen MR) is 95.2 cm³/mol. The topological polar surface area (TPSA) is 29.5 Å². The Morgan fingerprint density at radius 1 is 1.00 bits per heavy atom. The van der Waals surface area contributed by atoms with E-state index in [9.17, 15) is 4.89 Å². The maximum atomic E-state index is 10.0. The maximum Gasteiger partial charge on any atom is 0.168 e. The number of rotatable bonds is 10. The zero-order valence-electron chi connectivity index (χ0n) is 14.8. The number of hydrogen-bond donors (Lipinski definition) is 1. The van der Waals surface area contributed by atoms with Gasteiger partial charge in [-0.1, -0.05) is 48.5 Å². The Morgan fingerprint density at radius 2 is 1.45 bits per heavy atom. The van der Waals surface area contributed by atoms with E-state index < -0.39 is 8.38 Å². The molecule has 0 aromatic heterocycles. The molecule has 2 nitrogen and oxygen atoms in total. The number of hydrogen-bond acceptors (Lipinski definition) is 2. The van der Waals surface area contributed by atoms with Crippen LogP contribution >= 0.6 is 16.3 Å². The zero-order chi connectivity index (χ0) is 15.9. The lowest BCUT2D eigenvalue weighted by atomic mass is 9.92. The summed E-state index contributed by atoms with van der Waals surface area (Å²) in [5, 5.41) is 0. The smallest absolute Gasteiger partial charge is 0.168 e. The van der Waals surface area contributed by atoms with Crippen molar-refractivity contribution in [1.29, 1.82) is 0 Å². The second kappa shape index (κ2) is 9.73. The fourth-order valence-corrected chi connectivity index (χ4v) is 7.74. The van der Waals surface area contributed by atoms with Gasteiger partial charge >= 0.3 is 0 Å². The fraction of sp³-hybridized carbons (Fsp3) is 1.00. The third kappa shape index (κ3) is 8.28. The minimum absolute atomic E-state index is 0.0150. The molecule has 0 saturated carbocycles. The van der Waals surface area contributed by atoms with Crippen molar-refractivity contribution in [3.63, 3.8) is 0 Å². The molecule has 4 heteroatoms. The van der Waals surface area contributed by atoms with E-state index in [2.05, 4.69) is 48.5 Å². The third-order valence-corrected chi connectivity index (χ3v) is 9.53. The van der Waals surface area contributed by atoms with Gasteiger partial charge in [0.1, 0.15) is 0 Å². The Kier molecular flexibility index (Phi) is 10.1. The molecule has 0 heterocycles. The molecule has 2 atom stereocenters. The van der Waals surface area contributed by atoms with Crippen LogP contribution in [0.3, 0.4) is 0 Å². The van der Waals surface area contributed by atoms with Crippen LogP contribution in [0.2, 0.25) is 0 Å². The molecular formula is C16H36O2P2. The van der Waals surface area contributed by atoms with E-state index in [0.29, 0.717) is 12.3 Å². The standard InChI is InChI=1S/C16H36O2P2/c1-9-18-20(17)12-16(7,8)15(6)19(10-13(2)3)11-14(4)5/h13-15,17H,9-12H2,1-8H3. The highest BCUT2D eigenvalue weighted by molar-refractivity contribution is 7.58. The molecule has 0 aromatic rings. The molecule has 0 radical (unpaired) electrons. The van der Waals surface area contributed by atoms with Gasteiger partial charge in [-0.05, 0) is 42.2 Å². The van der Waals surface area contributed by atoms with E-state index in [1.807, 2.05) is 6.92 Å². The van der Waals surface area contributed by atoms with Gasteiger partial charge < -0.3 is 9.42 Å². The molecule has 0 rings (SSSR count). The van der Waals surface area contributed by atoms with Crippen LogP contribution in [0.1, 0.15) is 55.4 Å². The van der Waals surface area contributed by atoms with Crippen LogP contribution in [-0.4, -0.2) is 35.6 Å². The van der Waals surface area contributed by atoms with E-state index in [-0.39, 0.29) is 13.3 Å². The summed E-state index contributed by atoms with van der Waals surface area (Å²) < 4.78 is 5.40. The van der Waals surface area contributed by atoms with Gasteiger partial charge in [-0.15, -0.1) is 7.92 Å². The van der Waals surface area contributed by atoms with Gasteiger partial charge in [0.25, 0.3) is 0 Å². The quantitative estimate of drug-likeness (QED) is 0.535. The molecule has 2 unspecified atom stereocenters. The molecule has 0 aliphatic carbocycles. The summed E-state index contributed by atoms with van der Waals surface area (Å²) in [5.74, 6) is 1.53.